The summed E-state index contributed by atoms with van der Waals surface area (Å²) in [4.78, 5) is 26.7. The molecule has 2 amide bonds. The molecule has 116 valence electrons. The van der Waals surface area contributed by atoms with E-state index in [2.05, 4.69) is 39.9 Å². The van der Waals surface area contributed by atoms with Crippen LogP contribution in [-0.4, -0.2) is 35.3 Å². The van der Waals surface area contributed by atoms with Gasteiger partial charge in [0.05, 0.1) is 0 Å². The minimum Gasteiger partial charge on any atom is -0.342 e. The second-order valence-corrected chi connectivity index (χ2v) is 7.10. The number of hydrogen-bond acceptors (Lipinski definition) is 2. The molecule has 4 heteroatoms. The van der Waals surface area contributed by atoms with Gasteiger partial charge < -0.3 is 10.2 Å². The van der Waals surface area contributed by atoms with Crippen molar-refractivity contribution in [3.63, 3.8) is 0 Å². The Morgan fingerprint density at radius 3 is 2.30 bits per heavy atom. The fraction of sp³-hybridized carbons (Fsp3) is 0.875. The lowest BCUT2D eigenvalue weighted by Gasteiger charge is -2.42. The van der Waals surface area contributed by atoms with E-state index in [1.54, 1.807) is 0 Å². The fourth-order valence-corrected chi connectivity index (χ4v) is 2.62. The molecule has 0 aromatic heterocycles. The smallest absolute Gasteiger partial charge is 0.245 e. The number of amides is 2. The number of carbonyl (C=O) groups is 2. The molecule has 0 aromatic carbocycles. The number of hydrogen-bond donors (Lipinski definition) is 1. The molecule has 0 spiro atoms. The summed E-state index contributed by atoms with van der Waals surface area (Å²) in [7, 11) is 0. The van der Waals surface area contributed by atoms with E-state index >= 15 is 0 Å². The molecule has 1 fully saturated rings. The van der Waals surface area contributed by atoms with Crippen molar-refractivity contribution in [2.24, 2.45) is 11.3 Å². The molecule has 20 heavy (non-hydrogen) atoms. The monoisotopic (exact) mass is 282 g/mol. The molecule has 0 aromatic rings. The molecule has 1 rings (SSSR count). The summed E-state index contributed by atoms with van der Waals surface area (Å²) in [6, 6.07) is -0.658. The number of piperazine rings is 1. The van der Waals surface area contributed by atoms with E-state index in [0.29, 0.717) is 25.3 Å². The molecule has 1 aliphatic rings. The van der Waals surface area contributed by atoms with Gasteiger partial charge in [-0.2, -0.15) is 0 Å². The highest BCUT2D eigenvalue weighted by Crippen LogP contribution is 2.26. The van der Waals surface area contributed by atoms with Crippen LogP contribution in [0, 0.1) is 11.3 Å². The van der Waals surface area contributed by atoms with Crippen LogP contribution >= 0.6 is 0 Å². The average molecular weight is 282 g/mol. The maximum Gasteiger partial charge on any atom is 0.245 e. The van der Waals surface area contributed by atoms with Gasteiger partial charge in [0, 0.05) is 6.54 Å². The summed E-state index contributed by atoms with van der Waals surface area (Å²) in [6.07, 6.45) is 2.37. The van der Waals surface area contributed by atoms with Crippen molar-refractivity contribution in [1.82, 2.24) is 10.2 Å². The summed E-state index contributed by atoms with van der Waals surface area (Å²) < 4.78 is 0. The second kappa shape index (κ2) is 6.59. The van der Waals surface area contributed by atoms with E-state index < -0.39 is 0 Å². The molecule has 1 aliphatic heterocycles. The molecule has 0 aliphatic carbocycles. The summed E-state index contributed by atoms with van der Waals surface area (Å²) in [5.41, 5.74) is 0.0447. The summed E-state index contributed by atoms with van der Waals surface area (Å²) in [5, 5.41) is 2.90. The van der Waals surface area contributed by atoms with E-state index in [-0.39, 0.29) is 29.3 Å². The van der Waals surface area contributed by atoms with Gasteiger partial charge in [0.1, 0.15) is 12.1 Å². The van der Waals surface area contributed by atoms with Crippen LogP contribution in [0.4, 0.5) is 0 Å². The van der Waals surface area contributed by atoms with Crippen LogP contribution < -0.4 is 5.32 Å². The zero-order valence-electron chi connectivity index (χ0n) is 13.8. The van der Waals surface area contributed by atoms with Gasteiger partial charge in [0.25, 0.3) is 0 Å². The molecular formula is C16H30N2O2. The van der Waals surface area contributed by atoms with Crippen molar-refractivity contribution >= 4 is 11.8 Å². The van der Waals surface area contributed by atoms with Gasteiger partial charge in [-0.1, -0.05) is 41.5 Å². The van der Waals surface area contributed by atoms with E-state index in [1.807, 2.05) is 11.8 Å². The molecule has 1 saturated heterocycles. The molecule has 4 nitrogen and oxygen atoms in total. The average Bonchev–Trinajstić information content (AvgIpc) is 2.34. The number of carbonyl (C=O) groups excluding carboxylic acids is 2. The van der Waals surface area contributed by atoms with Gasteiger partial charge >= 0.3 is 0 Å². The van der Waals surface area contributed by atoms with Gasteiger partial charge in [0.15, 0.2) is 0 Å². The van der Waals surface area contributed by atoms with Crippen LogP contribution in [0.1, 0.15) is 60.8 Å². The molecule has 0 bridgehead atoms. The van der Waals surface area contributed by atoms with Gasteiger partial charge in [-0.05, 0) is 30.6 Å². The van der Waals surface area contributed by atoms with Crippen molar-refractivity contribution in [2.45, 2.75) is 72.9 Å². The molecule has 2 atom stereocenters. The van der Waals surface area contributed by atoms with Crippen LogP contribution in [0.25, 0.3) is 0 Å². The van der Waals surface area contributed by atoms with Crippen LogP contribution in [0.5, 0.6) is 0 Å². The molecule has 1 heterocycles. The second-order valence-electron chi connectivity index (χ2n) is 7.10. The lowest BCUT2D eigenvalue weighted by Crippen LogP contribution is -2.64. The van der Waals surface area contributed by atoms with Crippen molar-refractivity contribution in [1.29, 1.82) is 0 Å². The summed E-state index contributed by atoms with van der Waals surface area (Å²) in [6.45, 7) is 13.2. The lowest BCUT2D eigenvalue weighted by atomic mass is 9.87. The Labute approximate surface area is 123 Å². The van der Waals surface area contributed by atoms with Crippen LogP contribution in [0.3, 0.4) is 0 Å². The maximum atomic E-state index is 12.7. The number of nitrogens with zero attached hydrogens (tertiary/aromatic N) is 1. The van der Waals surface area contributed by atoms with Crippen LogP contribution in [0.15, 0.2) is 0 Å². The standard InChI is InChI=1S/C16H30N2O2/c1-7-13-14(19)17-12(9-11(3)4)15(20)18(13)10-16(5,6)8-2/h11-13H,7-10H2,1-6H3,(H,17,19). The Bertz CT molecular complexity index is 363. The van der Waals surface area contributed by atoms with Crippen LogP contribution in [-0.2, 0) is 9.59 Å². The molecular weight excluding hydrogens is 252 g/mol. The SMILES string of the molecule is CCC1C(=O)NC(CC(C)C)C(=O)N1CC(C)(C)CC. The summed E-state index contributed by atoms with van der Waals surface area (Å²) in [5.74, 6) is 0.486. The Morgan fingerprint density at radius 1 is 1.25 bits per heavy atom. The number of rotatable bonds is 6. The predicted molar refractivity (Wildman–Crippen MR) is 81.2 cm³/mol. The van der Waals surface area contributed by atoms with Crippen molar-refractivity contribution in [3.8, 4) is 0 Å². The molecule has 0 radical (unpaired) electrons. The quantitative estimate of drug-likeness (QED) is 0.814. The topological polar surface area (TPSA) is 49.4 Å². The largest absolute Gasteiger partial charge is 0.342 e. The highest BCUT2D eigenvalue weighted by Gasteiger charge is 2.41. The third-order valence-electron chi connectivity index (χ3n) is 4.23. The van der Waals surface area contributed by atoms with Gasteiger partial charge in [-0.3, -0.25) is 9.59 Å². The first-order chi connectivity index (χ1) is 9.21. The Kier molecular flexibility index (Phi) is 5.60. The lowest BCUT2D eigenvalue weighted by molar-refractivity contribution is -0.151. The first kappa shape index (κ1) is 17.0. The molecule has 2 unspecified atom stereocenters. The van der Waals surface area contributed by atoms with Crippen molar-refractivity contribution in [3.05, 3.63) is 0 Å². The first-order valence-electron chi connectivity index (χ1n) is 7.82. The highest BCUT2D eigenvalue weighted by atomic mass is 16.2. The summed E-state index contributed by atoms with van der Waals surface area (Å²) >= 11 is 0. The third-order valence-corrected chi connectivity index (χ3v) is 4.23. The van der Waals surface area contributed by atoms with Crippen LogP contribution in [0.2, 0.25) is 0 Å². The zero-order valence-corrected chi connectivity index (χ0v) is 13.8. The zero-order chi connectivity index (χ0) is 15.5. The molecule has 1 N–H and O–H groups in total. The number of nitrogens with one attached hydrogen (secondary N) is 1. The Morgan fingerprint density at radius 2 is 1.85 bits per heavy atom. The maximum absolute atomic E-state index is 12.7. The molecule has 0 saturated carbocycles. The van der Waals surface area contributed by atoms with E-state index in [9.17, 15) is 9.59 Å². The van der Waals surface area contributed by atoms with Crippen molar-refractivity contribution in [2.75, 3.05) is 6.54 Å². The normalized spacial score (nSPS) is 24.2. The van der Waals surface area contributed by atoms with Gasteiger partial charge in [0.2, 0.25) is 11.8 Å². The predicted octanol–water partition coefficient (Wildman–Crippen LogP) is 2.57. The third kappa shape index (κ3) is 3.97. The first-order valence-corrected chi connectivity index (χ1v) is 7.82. The Balaban J connectivity index is 2.94. The van der Waals surface area contributed by atoms with Gasteiger partial charge in [-0.15, -0.1) is 0 Å². The van der Waals surface area contributed by atoms with E-state index in [1.165, 1.54) is 0 Å². The van der Waals surface area contributed by atoms with Gasteiger partial charge in [-0.25, -0.2) is 0 Å². The minimum atomic E-state index is -0.349. The van der Waals surface area contributed by atoms with Crippen molar-refractivity contribution < 1.29 is 9.59 Å². The van der Waals surface area contributed by atoms with E-state index in [0.717, 1.165) is 6.42 Å². The van der Waals surface area contributed by atoms with E-state index in [4.69, 9.17) is 0 Å². The highest BCUT2D eigenvalue weighted by molar-refractivity contribution is 5.96. The Hall–Kier alpha value is -1.06. The minimum absolute atomic E-state index is 0.00431. The fourth-order valence-electron chi connectivity index (χ4n) is 2.62.